The van der Waals surface area contributed by atoms with E-state index in [-0.39, 0.29) is 0 Å². The quantitative estimate of drug-likeness (QED) is 0.256. The third kappa shape index (κ3) is 3.09. The van der Waals surface area contributed by atoms with E-state index in [2.05, 4.69) is 138 Å². The van der Waals surface area contributed by atoms with Gasteiger partial charge in [0.1, 0.15) is 0 Å². The highest BCUT2D eigenvalue weighted by molar-refractivity contribution is 6.09. The maximum atomic E-state index is 5.29. The van der Waals surface area contributed by atoms with Crippen LogP contribution in [0.3, 0.4) is 0 Å². The van der Waals surface area contributed by atoms with Crippen LogP contribution in [0.25, 0.3) is 44.4 Å². The predicted molar refractivity (Wildman–Crippen MR) is 143 cm³/mol. The van der Waals surface area contributed by atoms with Gasteiger partial charge in [0.05, 0.1) is 22.2 Å². The molecule has 6 rings (SSSR count). The lowest BCUT2D eigenvalue weighted by atomic mass is 9.98. The fraction of sp³-hybridized carbons (Fsp3) is 0.0645. The van der Waals surface area contributed by atoms with Gasteiger partial charge >= 0.3 is 0 Å². The van der Waals surface area contributed by atoms with Crippen LogP contribution < -0.4 is 0 Å². The number of nitrogens with zero attached hydrogens (tertiary/aromatic N) is 3. The summed E-state index contributed by atoms with van der Waals surface area (Å²) in [7, 11) is 0. The molecule has 0 bridgehead atoms. The number of hydrogen-bond donors (Lipinski definition) is 0. The normalized spacial score (nSPS) is 12.8. The van der Waals surface area contributed by atoms with Crippen LogP contribution in [0.4, 0.5) is 0 Å². The Bertz CT molecular complexity index is 1660. The molecule has 0 N–H and O–H groups in total. The van der Waals surface area contributed by atoms with Crippen LogP contribution in [0, 0.1) is 0 Å². The predicted octanol–water partition coefficient (Wildman–Crippen LogP) is 7.94. The Balaban J connectivity index is 1.70. The molecule has 3 aromatic carbocycles. The lowest BCUT2D eigenvalue weighted by Gasteiger charge is -2.08. The van der Waals surface area contributed by atoms with Gasteiger partial charge < -0.3 is 0 Å². The fourth-order valence-electron chi connectivity index (χ4n) is 4.94. The fourth-order valence-corrected chi connectivity index (χ4v) is 4.94. The second-order valence-electron chi connectivity index (χ2n) is 8.49. The standard InChI is InChI=1S/C31H25N3/c1-3-13-24(23-14-5-4-6-15-23)22(2)30-29-20-11-12-21-33(29)31(32-30)34-27-18-9-7-16-25(27)26-17-8-10-19-28(26)34/h3-21H,1-2H3/b13-3-,24-22-. The Morgan fingerprint density at radius 2 is 1.29 bits per heavy atom. The molecule has 0 atom stereocenters. The van der Waals surface area contributed by atoms with Gasteiger partial charge in [-0.05, 0) is 54.8 Å². The number of para-hydroxylation sites is 2. The van der Waals surface area contributed by atoms with Gasteiger partial charge in [0.2, 0.25) is 5.95 Å². The molecular formula is C31H25N3. The smallest absolute Gasteiger partial charge is 0.220 e. The van der Waals surface area contributed by atoms with E-state index in [1.807, 2.05) is 0 Å². The number of aromatic nitrogens is 3. The molecule has 3 nitrogen and oxygen atoms in total. The van der Waals surface area contributed by atoms with Crippen molar-refractivity contribution in [2.45, 2.75) is 13.8 Å². The van der Waals surface area contributed by atoms with Crippen molar-refractivity contribution in [3.63, 3.8) is 0 Å². The van der Waals surface area contributed by atoms with Crippen molar-refractivity contribution in [2.24, 2.45) is 0 Å². The van der Waals surface area contributed by atoms with Crippen molar-refractivity contribution in [2.75, 3.05) is 0 Å². The first-order chi connectivity index (χ1) is 16.8. The van der Waals surface area contributed by atoms with Gasteiger partial charge in [0.25, 0.3) is 0 Å². The van der Waals surface area contributed by atoms with Crippen molar-refractivity contribution in [3.05, 3.63) is 127 Å². The van der Waals surface area contributed by atoms with Crippen LogP contribution in [-0.2, 0) is 0 Å². The Hall–Kier alpha value is -4.37. The summed E-state index contributed by atoms with van der Waals surface area (Å²) in [4.78, 5) is 5.29. The Morgan fingerprint density at radius 3 is 1.97 bits per heavy atom. The molecule has 0 fully saturated rings. The average molecular weight is 440 g/mol. The van der Waals surface area contributed by atoms with Gasteiger partial charge in [-0.1, -0.05) is 84.9 Å². The lowest BCUT2D eigenvalue weighted by molar-refractivity contribution is 0.981. The van der Waals surface area contributed by atoms with Crippen LogP contribution in [0.15, 0.2) is 115 Å². The SMILES string of the molecule is C/C=C\C(=C(/C)c1nc(-n2c3ccccc3c3ccccc32)n2ccccc12)c1ccccc1. The maximum absolute atomic E-state index is 5.29. The Labute approximate surface area is 198 Å². The minimum Gasteiger partial charge on any atom is -0.285 e. The number of imidazole rings is 1. The van der Waals surface area contributed by atoms with Gasteiger partial charge in [0, 0.05) is 17.0 Å². The molecule has 3 heterocycles. The minimum absolute atomic E-state index is 0.898. The van der Waals surface area contributed by atoms with E-state index in [0.29, 0.717) is 0 Å². The highest BCUT2D eigenvalue weighted by Gasteiger charge is 2.19. The van der Waals surface area contributed by atoms with Gasteiger partial charge in [-0.2, -0.15) is 0 Å². The largest absolute Gasteiger partial charge is 0.285 e. The molecule has 6 aromatic rings. The first-order valence-electron chi connectivity index (χ1n) is 11.6. The van der Waals surface area contributed by atoms with E-state index in [1.165, 1.54) is 21.9 Å². The van der Waals surface area contributed by atoms with Gasteiger partial charge in [-0.25, -0.2) is 4.98 Å². The van der Waals surface area contributed by atoms with Crippen LogP contribution in [0.2, 0.25) is 0 Å². The van der Waals surface area contributed by atoms with Crippen LogP contribution in [0.1, 0.15) is 25.1 Å². The van der Waals surface area contributed by atoms with Crippen molar-refractivity contribution in [1.29, 1.82) is 0 Å². The molecule has 0 radical (unpaired) electrons. The van der Waals surface area contributed by atoms with Crippen LogP contribution >= 0.6 is 0 Å². The van der Waals surface area contributed by atoms with Crippen molar-refractivity contribution >= 4 is 38.5 Å². The molecule has 3 aromatic heterocycles. The van der Waals surface area contributed by atoms with E-state index in [4.69, 9.17) is 4.98 Å². The Kier molecular flexibility index (Phi) is 4.88. The Morgan fingerprint density at radius 1 is 0.706 bits per heavy atom. The van der Waals surface area contributed by atoms with Gasteiger partial charge in [0.15, 0.2) is 0 Å². The lowest BCUT2D eigenvalue weighted by Crippen LogP contribution is -2.00. The molecule has 34 heavy (non-hydrogen) atoms. The summed E-state index contributed by atoms with van der Waals surface area (Å²) in [6, 6.07) is 34.0. The number of hydrogen-bond acceptors (Lipinski definition) is 1. The summed E-state index contributed by atoms with van der Waals surface area (Å²) in [5, 5.41) is 2.47. The minimum atomic E-state index is 0.898. The van der Waals surface area contributed by atoms with Crippen molar-refractivity contribution < 1.29 is 0 Å². The molecule has 0 spiro atoms. The summed E-state index contributed by atoms with van der Waals surface area (Å²) in [6.45, 7) is 4.23. The molecule has 0 aliphatic carbocycles. The number of allylic oxidation sites excluding steroid dienone is 4. The number of fused-ring (bicyclic) bond motifs is 4. The number of benzene rings is 3. The highest BCUT2D eigenvalue weighted by Crippen LogP contribution is 2.35. The molecule has 0 saturated heterocycles. The summed E-state index contributed by atoms with van der Waals surface area (Å²) in [5.41, 5.74) is 7.92. The molecule has 3 heteroatoms. The highest BCUT2D eigenvalue weighted by atomic mass is 15.2. The molecule has 0 saturated carbocycles. The maximum Gasteiger partial charge on any atom is 0.220 e. The average Bonchev–Trinajstić information content (AvgIpc) is 3.43. The summed E-state index contributed by atoms with van der Waals surface area (Å²) in [6.07, 6.45) is 6.38. The summed E-state index contributed by atoms with van der Waals surface area (Å²) in [5.74, 6) is 0.898. The molecule has 0 aliphatic rings. The summed E-state index contributed by atoms with van der Waals surface area (Å²) >= 11 is 0. The zero-order chi connectivity index (χ0) is 23.1. The van der Waals surface area contributed by atoms with Gasteiger partial charge in [-0.3, -0.25) is 8.97 Å². The van der Waals surface area contributed by atoms with E-state index < -0.39 is 0 Å². The van der Waals surface area contributed by atoms with Gasteiger partial charge in [-0.15, -0.1) is 0 Å². The monoisotopic (exact) mass is 439 g/mol. The first-order valence-corrected chi connectivity index (χ1v) is 11.6. The molecule has 0 unspecified atom stereocenters. The molecule has 0 amide bonds. The van der Waals surface area contributed by atoms with Crippen molar-refractivity contribution in [1.82, 2.24) is 14.0 Å². The second kappa shape index (κ2) is 8.20. The second-order valence-corrected chi connectivity index (χ2v) is 8.49. The number of rotatable bonds is 4. The van der Waals surface area contributed by atoms with E-state index in [9.17, 15) is 0 Å². The first kappa shape index (κ1) is 20.3. The third-order valence-corrected chi connectivity index (χ3v) is 6.49. The van der Waals surface area contributed by atoms with Crippen LogP contribution in [0.5, 0.6) is 0 Å². The number of pyridine rings is 1. The molecule has 0 aliphatic heterocycles. The molecule has 164 valence electrons. The third-order valence-electron chi connectivity index (χ3n) is 6.49. The van der Waals surface area contributed by atoms with Crippen LogP contribution in [-0.4, -0.2) is 14.0 Å². The topological polar surface area (TPSA) is 22.2 Å². The van der Waals surface area contributed by atoms with Crippen molar-refractivity contribution in [3.8, 4) is 5.95 Å². The zero-order valence-corrected chi connectivity index (χ0v) is 19.3. The summed E-state index contributed by atoms with van der Waals surface area (Å²) < 4.78 is 4.49. The molecular weight excluding hydrogens is 414 g/mol. The zero-order valence-electron chi connectivity index (χ0n) is 19.3. The van der Waals surface area contributed by atoms with E-state index in [1.54, 1.807) is 0 Å². The van der Waals surface area contributed by atoms with E-state index in [0.717, 1.165) is 33.8 Å². The van der Waals surface area contributed by atoms with E-state index >= 15 is 0 Å².